The molecule has 4 atom stereocenters. The van der Waals surface area contributed by atoms with E-state index in [1.54, 1.807) is 12.1 Å². The molecule has 1 saturated carbocycles. The zero-order valence-electron chi connectivity index (χ0n) is 13.1. The van der Waals surface area contributed by atoms with Gasteiger partial charge in [0.2, 0.25) is 0 Å². The monoisotopic (exact) mass is 317 g/mol. The van der Waals surface area contributed by atoms with Crippen molar-refractivity contribution in [3.63, 3.8) is 0 Å². The van der Waals surface area contributed by atoms with Crippen LogP contribution in [-0.4, -0.2) is 34.7 Å². The smallest absolute Gasteiger partial charge is 0.335 e. The molecule has 3 N–H and O–H groups in total. The normalized spacial score (nSPS) is 30.4. The lowest BCUT2D eigenvalue weighted by Gasteiger charge is -2.41. The number of piperidine rings is 1. The molecule has 3 unspecified atom stereocenters. The largest absolute Gasteiger partial charge is 0.480 e. The van der Waals surface area contributed by atoms with Crippen molar-refractivity contribution in [3.05, 3.63) is 35.4 Å². The molecule has 1 aliphatic carbocycles. The van der Waals surface area contributed by atoms with Crippen LogP contribution in [0.3, 0.4) is 0 Å². The molecule has 1 heterocycles. The molecule has 2 fully saturated rings. The zero-order chi connectivity index (χ0) is 16.4. The average molecular weight is 317 g/mol. The molecule has 1 aromatic carbocycles. The van der Waals surface area contributed by atoms with Crippen molar-refractivity contribution >= 4 is 11.9 Å². The number of carboxylic acids is 2. The minimum Gasteiger partial charge on any atom is -0.480 e. The molecule has 124 valence electrons. The average Bonchev–Trinajstić information content (AvgIpc) is 2.54. The summed E-state index contributed by atoms with van der Waals surface area (Å²) in [4.78, 5) is 22.1. The molecule has 5 nitrogen and oxygen atoms in total. The first-order chi connectivity index (χ1) is 11.0. The molecule has 5 heteroatoms. The molecule has 23 heavy (non-hydrogen) atoms. The van der Waals surface area contributed by atoms with Gasteiger partial charge in [0.05, 0.1) is 5.56 Å². The standard InChI is InChI=1S/C18H23NO4/c20-17(21)13-4-1-11(2-5-13)7-12-3-6-14-10-19-16(18(22)23)9-15(14)8-12/h1-2,4-5,12,14-16,19H,3,6-10H2,(H,20,21)(H,22,23)/t12?,14-,15?,16?/m0/s1. The predicted molar refractivity (Wildman–Crippen MR) is 85.5 cm³/mol. The Morgan fingerprint density at radius 1 is 1.04 bits per heavy atom. The minimum atomic E-state index is -0.897. The third-order valence-electron chi connectivity index (χ3n) is 5.44. The van der Waals surface area contributed by atoms with E-state index in [9.17, 15) is 14.7 Å². The van der Waals surface area contributed by atoms with Gasteiger partial charge in [0.15, 0.2) is 0 Å². The summed E-state index contributed by atoms with van der Waals surface area (Å²) in [7, 11) is 0. The van der Waals surface area contributed by atoms with E-state index < -0.39 is 18.0 Å². The highest BCUT2D eigenvalue weighted by molar-refractivity contribution is 5.87. The topological polar surface area (TPSA) is 86.6 Å². The Labute approximate surface area is 135 Å². The summed E-state index contributed by atoms with van der Waals surface area (Å²) in [6, 6.07) is 6.73. The van der Waals surface area contributed by atoms with Gasteiger partial charge in [0, 0.05) is 0 Å². The predicted octanol–water partition coefficient (Wildman–Crippen LogP) is 2.41. The van der Waals surface area contributed by atoms with E-state index in [1.807, 2.05) is 12.1 Å². The van der Waals surface area contributed by atoms with Crippen molar-refractivity contribution in [3.8, 4) is 0 Å². The van der Waals surface area contributed by atoms with Crippen LogP contribution < -0.4 is 5.32 Å². The van der Waals surface area contributed by atoms with Gasteiger partial charge in [-0.25, -0.2) is 4.79 Å². The second-order valence-corrected chi connectivity index (χ2v) is 6.94. The highest BCUT2D eigenvalue weighted by atomic mass is 16.4. The van der Waals surface area contributed by atoms with Crippen LogP contribution in [0.5, 0.6) is 0 Å². The second-order valence-electron chi connectivity index (χ2n) is 6.94. The fourth-order valence-electron chi connectivity index (χ4n) is 4.15. The van der Waals surface area contributed by atoms with E-state index >= 15 is 0 Å². The maximum absolute atomic E-state index is 11.2. The number of hydrogen-bond donors (Lipinski definition) is 3. The van der Waals surface area contributed by atoms with Crippen LogP contribution >= 0.6 is 0 Å². The minimum absolute atomic E-state index is 0.320. The van der Waals surface area contributed by atoms with Gasteiger partial charge in [-0.2, -0.15) is 0 Å². The summed E-state index contributed by atoms with van der Waals surface area (Å²) >= 11 is 0. The molecular weight excluding hydrogens is 294 g/mol. The number of rotatable bonds is 4. The van der Waals surface area contributed by atoms with Crippen molar-refractivity contribution in [1.82, 2.24) is 5.32 Å². The molecule has 0 bridgehead atoms. The molecule has 1 aliphatic heterocycles. The Hall–Kier alpha value is -1.88. The number of aliphatic carboxylic acids is 1. The van der Waals surface area contributed by atoms with E-state index in [4.69, 9.17) is 5.11 Å². The number of fused-ring (bicyclic) bond motifs is 1. The molecule has 1 aromatic rings. The lowest BCUT2D eigenvalue weighted by Crippen LogP contribution is -2.49. The van der Waals surface area contributed by atoms with Crippen molar-refractivity contribution in [2.75, 3.05) is 6.54 Å². The van der Waals surface area contributed by atoms with E-state index in [-0.39, 0.29) is 0 Å². The summed E-state index contributed by atoms with van der Waals surface area (Å²) in [6.45, 7) is 0.821. The van der Waals surface area contributed by atoms with Gasteiger partial charge in [-0.15, -0.1) is 0 Å². The van der Waals surface area contributed by atoms with Gasteiger partial charge >= 0.3 is 11.9 Å². The molecular formula is C18H23NO4. The Morgan fingerprint density at radius 3 is 2.43 bits per heavy atom. The fourth-order valence-corrected chi connectivity index (χ4v) is 4.15. The Morgan fingerprint density at radius 2 is 1.78 bits per heavy atom. The second kappa shape index (κ2) is 6.71. The summed E-state index contributed by atoms with van der Waals surface area (Å²) in [5, 5.41) is 21.3. The maximum Gasteiger partial charge on any atom is 0.335 e. The molecule has 3 rings (SSSR count). The van der Waals surface area contributed by atoms with Crippen molar-refractivity contribution in [1.29, 1.82) is 0 Å². The highest BCUT2D eigenvalue weighted by Crippen LogP contribution is 2.39. The van der Waals surface area contributed by atoms with Gasteiger partial charge in [-0.3, -0.25) is 4.79 Å². The van der Waals surface area contributed by atoms with Crippen LogP contribution in [0.15, 0.2) is 24.3 Å². The van der Waals surface area contributed by atoms with Crippen molar-refractivity contribution in [2.24, 2.45) is 17.8 Å². The first-order valence-electron chi connectivity index (χ1n) is 8.31. The number of carbonyl (C=O) groups is 2. The van der Waals surface area contributed by atoms with Crippen LogP contribution in [0, 0.1) is 17.8 Å². The van der Waals surface area contributed by atoms with Crippen molar-refractivity contribution < 1.29 is 19.8 Å². The SMILES string of the molecule is O=C(O)c1ccc(CC2CC[C@H]3CNC(C(=O)O)CC3C2)cc1. The Kier molecular flexibility index (Phi) is 4.66. The number of nitrogens with one attached hydrogen (secondary N) is 1. The van der Waals surface area contributed by atoms with E-state index in [0.29, 0.717) is 23.3 Å². The van der Waals surface area contributed by atoms with Crippen LogP contribution in [0.2, 0.25) is 0 Å². The van der Waals surface area contributed by atoms with Gasteiger partial charge in [0.25, 0.3) is 0 Å². The van der Waals surface area contributed by atoms with Crippen LogP contribution in [0.4, 0.5) is 0 Å². The third-order valence-corrected chi connectivity index (χ3v) is 5.44. The van der Waals surface area contributed by atoms with Gasteiger partial charge in [-0.05, 0) is 74.1 Å². The van der Waals surface area contributed by atoms with Crippen LogP contribution in [0.1, 0.15) is 41.6 Å². The van der Waals surface area contributed by atoms with Crippen LogP contribution in [-0.2, 0) is 11.2 Å². The number of benzene rings is 1. The molecule has 0 radical (unpaired) electrons. The highest BCUT2D eigenvalue weighted by Gasteiger charge is 2.37. The molecule has 2 aliphatic rings. The van der Waals surface area contributed by atoms with E-state index in [1.165, 1.54) is 12.0 Å². The summed E-state index contributed by atoms with van der Waals surface area (Å²) in [5.41, 5.74) is 1.49. The van der Waals surface area contributed by atoms with Crippen molar-refractivity contribution in [2.45, 2.75) is 38.1 Å². The Bertz CT molecular complexity index is 583. The number of aromatic carboxylic acids is 1. The van der Waals surface area contributed by atoms with E-state index in [2.05, 4.69) is 5.32 Å². The third kappa shape index (κ3) is 3.72. The Balaban J connectivity index is 1.59. The van der Waals surface area contributed by atoms with Gasteiger partial charge < -0.3 is 15.5 Å². The summed E-state index contributed by atoms with van der Waals surface area (Å²) in [6.07, 6.45) is 5.09. The first kappa shape index (κ1) is 16.0. The molecule has 0 spiro atoms. The van der Waals surface area contributed by atoms with Crippen LogP contribution in [0.25, 0.3) is 0 Å². The number of hydrogen-bond acceptors (Lipinski definition) is 3. The summed E-state index contributed by atoms with van der Waals surface area (Å²) in [5.74, 6) is 0.0337. The maximum atomic E-state index is 11.2. The number of carboxylic acid groups (broad SMARTS) is 2. The zero-order valence-corrected chi connectivity index (χ0v) is 13.1. The van der Waals surface area contributed by atoms with Gasteiger partial charge in [-0.1, -0.05) is 12.1 Å². The lowest BCUT2D eigenvalue weighted by atomic mass is 9.68. The van der Waals surface area contributed by atoms with E-state index in [0.717, 1.165) is 32.2 Å². The quantitative estimate of drug-likeness (QED) is 0.794. The lowest BCUT2D eigenvalue weighted by molar-refractivity contribution is -0.141. The summed E-state index contributed by atoms with van der Waals surface area (Å²) < 4.78 is 0. The fraction of sp³-hybridized carbons (Fsp3) is 0.556. The first-order valence-corrected chi connectivity index (χ1v) is 8.31. The molecule has 0 aromatic heterocycles. The van der Waals surface area contributed by atoms with Gasteiger partial charge in [0.1, 0.15) is 6.04 Å². The molecule has 1 saturated heterocycles. The molecule has 0 amide bonds.